The summed E-state index contributed by atoms with van der Waals surface area (Å²) in [6.45, 7) is 7.47. The lowest BCUT2D eigenvalue weighted by molar-refractivity contribution is 0.0302. The van der Waals surface area contributed by atoms with Gasteiger partial charge in [-0.3, -0.25) is 0 Å². The second kappa shape index (κ2) is 10.1. The summed E-state index contributed by atoms with van der Waals surface area (Å²) in [5.41, 5.74) is 1.21. The molecule has 0 radical (unpaired) electrons. The molecule has 1 atom stereocenters. The number of carbonyl (C=O) groups is 3. The van der Waals surface area contributed by atoms with Gasteiger partial charge in [-0.2, -0.15) is 4.79 Å². The molecule has 1 unspecified atom stereocenters. The Labute approximate surface area is 204 Å². The van der Waals surface area contributed by atoms with Crippen molar-refractivity contribution in [2.45, 2.75) is 39.7 Å². The molecule has 0 bridgehead atoms. The fraction of sp³-hybridized carbons (Fsp3) is 0.308. The van der Waals surface area contributed by atoms with Crippen LogP contribution in [0.15, 0.2) is 65.9 Å². The largest absolute Gasteiger partial charge is 0.529 e. The SMILES string of the molecule is Cc1ccc(C(=O)Oc2ccc([N+]3(C(=O)O)C=CN=C3CCN(C)C(=O)OC(C)(C)C)cc2)cc1. The number of benzene rings is 2. The predicted octanol–water partition coefficient (Wildman–Crippen LogP) is 5.34. The minimum Gasteiger partial charge on any atom is -0.444 e. The van der Waals surface area contributed by atoms with E-state index in [0.717, 1.165) is 5.56 Å². The average molecular weight is 481 g/mol. The maximum atomic E-state index is 12.4. The first-order valence-corrected chi connectivity index (χ1v) is 11.1. The number of ether oxygens (including phenoxy) is 2. The first kappa shape index (κ1) is 25.6. The highest BCUT2D eigenvalue weighted by atomic mass is 16.6. The highest BCUT2D eigenvalue weighted by molar-refractivity contribution is 6.11. The Morgan fingerprint density at radius 1 is 1.03 bits per heavy atom. The summed E-state index contributed by atoms with van der Waals surface area (Å²) < 4.78 is 10.1. The van der Waals surface area contributed by atoms with E-state index in [9.17, 15) is 19.5 Å². The summed E-state index contributed by atoms with van der Waals surface area (Å²) in [4.78, 5) is 42.7. The van der Waals surface area contributed by atoms with Crippen LogP contribution in [0.1, 0.15) is 43.1 Å². The summed E-state index contributed by atoms with van der Waals surface area (Å²) >= 11 is 0. The zero-order valence-corrected chi connectivity index (χ0v) is 20.5. The van der Waals surface area contributed by atoms with Gasteiger partial charge in [0.05, 0.1) is 18.2 Å². The normalized spacial score (nSPS) is 17.0. The number of hydrogen-bond acceptors (Lipinski definition) is 6. The highest BCUT2D eigenvalue weighted by Gasteiger charge is 2.46. The Bertz CT molecular complexity index is 1160. The van der Waals surface area contributed by atoms with E-state index < -0.39 is 28.2 Å². The van der Waals surface area contributed by atoms with Gasteiger partial charge in [-0.1, -0.05) is 17.7 Å². The Kier molecular flexibility index (Phi) is 7.40. The van der Waals surface area contributed by atoms with Crippen molar-refractivity contribution in [3.63, 3.8) is 0 Å². The van der Waals surface area contributed by atoms with Crippen molar-refractivity contribution in [2.24, 2.45) is 4.99 Å². The maximum absolute atomic E-state index is 12.4. The summed E-state index contributed by atoms with van der Waals surface area (Å²) in [5, 5.41) is 10.2. The lowest BCUT2D eigenvalue weighted by Gasteiger charge is -2.28. The van der Waals surface area contributed by atoms with Crippen LogP contribution in [-0.4, -0.2) is 53.2 Å². The number of rotatable bonds is 6. The van der Waals surface area contributed by atoms with Crippen LogP contribution in [0.4, 0.5) is 15.3 Å². The van der Waals surface area contributed by atoms with Crippen LogP contribution in [0.25, 0.3) is 0 Å². The number of carbonyl (C=O) groups excluding carboxylic acids is 2. The second-order valence-electron chi connectivity index (χ2n) is 9.25. The minimum absolute atomic E-state index is 0.208. The molecule has 35 heavy (non-hydrogen) atoms. The number of aryl methyl sites for hydroxylation is 1. The summed E-state index contributed by atoms with van der Waals surface area (Å²) in [7, 11) is 1.59. The van der Waals surface area contributed by atoms with Crippen LogP contribution in [0.2, 0.25) is 0 Å². The van der Waals surface area contributed by atoms with Crippen molar-refractivity contribution in [1.29, 1.82) is 0 Å². The van der Waals surface area contributed by atoms with Gasteiger partial charge in [-0.25, -0.2) is 14.6 Å². The number of carboxylic acid groups (broad SMARTS) is 1. The molecule has 1 aliphatic rings. The molecule has 0 aromatic heterocycles. The molecule has 0 aliphatic carbocycles. The Morgan fingerprint density at radius 2 is 1.66 bits per heavy atom. The van der Waals surface area contributed by atoms with Crippen LogP contribution >= 0.6 is 0 Å². The average Bonchev–Trinajstić information content (AvgIpc) is 3.22. The van der Waals surface area contributed by atoms with Gasteiger partial charge in [0.1, 0.15) is 17.6 Å². The molecule has 0 saturated heterocycles. The second-order valence-corrected chi connectivity index (χ2v) is 9.25. The fourth-order valence-electron chi connectivity index (χ4n) is 3.46. The molecular formula is C26H30N3O6+. The maximum Gasteiger partial charge on any atom is 0.529 e. The van der Waals surface area contributed by atoms with Gasteiger partial charge in [-0.15, -0.1) is 4.48 Å². The predicted molar refractivity (Wildman–Crippen MR) is 132 cm³/mol. The lowest BCUT2D eigenvalue weighted by atomic mass is 10.1. The summed E-state index contributed by atoms with van der Waals surface area (Å²) in [6, 6.07) is 13.2. The molecule has 1 aliphatic heterocycles. The number of nitrogens with zero attached hydrogens (tertiary/aromatic N) is 3. The minimum atomic E-state index is -1.15. The van der Waals surface area contributed by atoms with E-state index in [1.165, 1.54) is 17.3 Å². The first-order chi connectivity index (χ1) is 16.4. The van der Waals surface area contributed by atoms with E-state index in [4.69, 9.17) is 9.47 Å². The fourth-order valence-corrected chi connectivity index (χ4v) is 3.46. The van der Waals surface area contributed by atoms with Gasteiger partial charge < -0.3 is 19.5 Å². The van der Waals surface area contributed by atoms with Crippen molar-refractivity contribution in [3.8, 4) is 5.75 Å². The number of esters is 1. The molecule has 184 valence electrons. The third kappa shape index (κ3) is 5.93. The molecular weight excluding hydrogens is 450 g/mol. The van der Waals surface area contributed by atoms with Crippen LogP contribution in [0, 0.1) is 6.92 Å². The van der Waals surface area contributed by atoms with Gasteiger partial charge in [-0.05, 0) is 52.0 Å². The van der Waals surface area contributed by atoms with Crippen molar-refractivity contribution >= 4 is 29.7 Å². The van der Waals surface area contributed by atoms with Crippen LogP contribution in [0.5, 0.6) is 5.75 Å². The topological polar surface area (TPSA) is 106 Å². The number of amidine groups is 1. The number of amides is 2. The molecule has 2 aromatic carbocycles. The zero-order chi connectivity index (χ0) is 25.8. The molecule has 0 saturated carbocycles. The van der Waals surface area contributed by atoms with Crippen LogP contribution in [-0.2, 0) is 4.74 Å². The lowest BCUT2D eigenvalue weighted by Crippen LogP contribution is -2.52. The van der Waals surface area contributed by atoms with Gasteiger partial charge in [0.2, 0.25) is 5.84 Å². The highest BCUT2D eigenvalue weighted by Crippen LogP contribution is 2.32. The van der Waals surface area contributed by atoms with E-state index in [-0.39, 0.29) is 18.7 Å². The Hall–Kier alpha value is -3.98. The molecule has 1 heterocycles. The molecule has 2 amide bonds. The third-order valence-electron chi connectivity index (χ3n) is 5.34. The summed E-state index contributed by atoms with van der Waals surface area (Å²) in [6.07, 6.45) is 1.44. The molecule has 9 nitrogen and oxygen atoms in total. The quantitative estimate of drug-likeness (QED) is 0.340. The van der Waals surface area contributed by atoms with Crippen molar-refractivity contribution in [3.05, 3.63) is 72.1 Å². The van der Waals surface area contributed by atoms with Gasteiger partial charge in [0.25, 0.3) is 0 Å². The van der Waals surface area contributed by atoms with E-state index in [0.29, 0.717) is 17.1 Å². The monoisotopic (exact) mass is 480 g/mol. The zero-order valence-electron chi connectivity index (χ0n) is 20.5. The summed E-state index contributed by atoms with van der Waals surface area (Å²) in [5.74, 6) is 0.111. The van der Waals surface area contributed by atoms with Crippen LogP contribution < -0.4 is 9.22 Å². The van der Waals surface area contributed by atoms with Gasteiger partial charge in [0.15, 0.2) is 5.69 Å². The molecule has 3 rings (SSSR count). The Morgan fingerprint density at radius 3 is 2.23 bits per heavy atom. The first-order valence-electron chi connectivity index (χ1n) is 11.1. The molecule has 2 aromatic rings. The third-order valence-corrected chi connectivity index (χ3v) is 5.34. The standard InChI is InChI=1S/C26H29N3O6/c1-18-6-8-19(9-7-18)23(30)34-21-12-10-20(11-13-21)29(25(32)33)17-15-27-22(29)14-16-28(5)24(31)35-26(2,3)4/h6-13,15,17H,14,16H2,1-5H3/p+1. The van der Waals surface area contributed by atoms with Crippen molar-refractivity contribution in [2.75, 3.05) is 13.6 Å². The van der Waals surface area contributed by atoms with Crippen LogP contribution in [0.3, 0.4) is 0 Å². The Balaban J connectivity index is 1.74. The smallest absolute Gasteiger partial charge is 0.444 e. The molecule has 0 spiro atoms. The van der Waals surface area contributed by atoms with E-state index in [2.05, 4.69) is 4.99 Å². The van der Waals surface area contributed by atoms with E-state index >= 15 is 0 Å². The van der Waals surface area contributed by atoms with Crippen molar-refractivity contribution in [1.82, 2.24) is 9.38 Å². The number of quaternary nitrogens is 1. The van der Waals surface area contributed by atoms with E-state index in [1.807, 2.05) is 19.1 Å². The van der Waals surface area contributed by atoms with E-state index in [1.54, 1.807) is 64.2 Å². The number of hydrogen-bond donors (Lipinski definition) is 1. The van der Waals surface area contributed by atoms with Crippen molar-refractivity contribution < 1.29 is 29.0 Å². The molecule has 0 fully saturated rings. The molecule has 9 heteroatoms. The number of aliphatic imine (C=N–C) groups is 1. The molecule has 1 N–H and O–H groups in total. The van der Waals surface area contributed by atoms with Gasteiger partial charge >= 0.3 is 18.2 Å². The van der Waals surface area contributed by atoms with Gasteiger partial charge in [0, 0.05) is 25.7 Å².